The standard InChI is InChI=1S/C14H25N3O/c1-11(2)14-13(5-8-18-14)9-15-12(3)10-17-7-4-6-16-17/h4,6-7,11-15H,5,8-10H2,1-3H3/t12-,13+,14+/m0/s1. The third-order valence-corrected chi connectivity index (χ3v) is 3.67. The number of nitrogens with zero attached hydrogens (tertiary/aromatic N) is 2. The number of rotatable bonds is 6. The third-order valence-electron chi connectivity index (χ3n) is 3.67. The van der Waals surface area contributed by atoms with Crippen LogP contribution in [0.2, 0.25) is 0 Å². The zero-order valence-electron chi connectivity index (χ0n) is 11.7. The van der Waals surface area contributed by atoms with E-state index >= 15 is 0 Å². The third kappa shape index (κ3) is 3.56. The molecule has 0 bridgehead atoms. The lowest BCUT2D eigenvalue weighted by Gasteiger charge is -2.24. The van der Waals surface area contributed by atoms with Crippen molar-refractivity contribution in [3.8, 4) is 0 Å². The zero-order chi connectivity index (χ0) is 13.0. The van der Waals surface area contributed by atoms with Crippen LogP contribution < -0.4 is 5.32 Å². The smallest absolute Gasteiger partial charge is 0.0639 e. The van der Waals surface area contributed by atoms with E-state index in [0.717, 1.165) is 19.7 Å². The van der Waals surface area contributed by atoms with Gasteiger partial charge in [0.2, 0.25) is 0 Å². The Hall–Kier alpha value is -0.870. The second-order valence-corrected chi connectivity index (χ2v) is 5.67. The summed E-state index contributed by atoms with van der Waals surface area (Å²) < 4.78 is 7.78. The molecule has 1 saturated heterocycles. The molecular formula is C14H25N3O. The first-order valence-corrected chi connectivity index (χ1v) is 6.99. The van der Waals surface area contributed by atoms with Gasteiger partial charge in [0.1, 0.15) is 0 Å². The molecule has 1 aromatic heterocycles. The largest absolute Gasteiger partial charge is 0.378 e. The Morgan fingerprint density at radius 1 is 1.44 bits per heavy atom. The Labute approximate surface area is 110 Å². The summed E-state index contributed by atoms with van der Waals surface area (Å²) in [7, 11) is 0. The summed E-state index contributed by atoms with van der Waals surface area (Å²) >= 11 is 0. The van der Waals surface area contributed by atoms with E-state index in [0.29, 0.717) is 24.0 Å². The van der Waals surface area contributed by atoms with Crippen molar-refractivity contribution in [1.82, 2.24) is 15.1 Å². The number of nitrogens with one attached hydrogen (secondary N) is 1. The number of ether oxygens (including phenoxy) is 1. The molecule has 1 aliphatic rings. The molecular weight excluding hydrogens is 226 g/mol. The van der Waals surface area contributed by atoms with Crippen LogP contribution >= 0.6 is 0 Å². The molecule has 1 aliphatic heterocycles. The Kier molecular flexibility index (Phi) is 4.78. The number of hydrogen-bond donors (Lipinski definition) is 1. The van der Waals surface area contributed by atoms with Crippen LogP contribution in [-0.2, 0) is 11.3 Å². The van der Waals surface area contributed by atoms with Crippen molar-refractivity contribution in [2.45, 2.75) is 45.9 Å². The summed E-state index contributed by atoms with van der Waals surface area (Å²) in [6.07, 6.45) is 5.44. The van der Waals surface area contributed by atoms with E-state index in [4.69, 9.17) is 4.74 Å². The quantitative estimate of drug-likeness (QED) is 0.839. The minimum atomic E-state index is 0.425. The molecule has 18 heavy (non-hydrogen) atoms. The van der Waals surface area contributed by atoms with Crippen LogP contribution in [0.4, 0.5) is 0 Å². The van der Waals surface area contributed by atoms with Crippen LogP contribution in [0.25, 0.3) is 0 Å². The van der Waals surface area contributed by atoms with E-state index in [-0.39, 0.29) is 0 Å². The van der Waals surface area contributed by atoms with Crippen LogP contribution in [-0.4, -0.2) is 35.1 Å². The van der Waals surface area contributed by atoms with Crippen molar-refractivity contribution in [3.05, 3.63) is 18.5 Å². The molecule has 0 saturated carbocycles. The average Bonchev–Trinajstić information content (AvgIpc) is 2.96. The molecule has 4 heteroatoms. The lowest BCUT2D eigenvalue weighted by molar-refractivity contribution is 0.0534. The minimum absolute atomic E-state index is 0.425. The van der Waals surface area contributed by atoms with Crippen LogP contribution in [0.1, 0.15) is 27.2 Å². The summed E-state index contributed by atoms with van der Waals surface area (Å²) in [6.45, 7) is 9.59. The molecule has 3 atom stereocenters. The Morgan fingerprint density at radius 3 is 2.94 bits per heavy atom. The van der Waals surface area contributed by atoms with E-state index in [1.165, 1.54) is 6.42 Å². The summed E-state index contributed by atoms with van der Waals surface area (Å²) in [6, 6.07) is 2.41. The summed E-state index contributed by atoms with van der Waals surface area (Å²) in [4.78, 5) is 0. The van der Waals surface area contributed by atoms with Crippen molar-refractivity contribution in [3.63, 3.8) is 0 Å². The SMILES string of the molecule is CC(C)[C@H]1OCC[C@@H]1CN[C@@H](C)Cn1cccn1. The van der Waals surface area contributed by atoms with Gasteiger partial charge < -0.3 is 10.1 Å². The lowest BCUT2D eigenvalue weighted by Crippen LogP contribution is -2.38. The number of aromatic nitrogens is 2. The molecule has 2 rings (SSSR count). The molecule has 0 aromatic carbocycles. The maximum Gasteiger partial charge on any atom is 0.0639 e. The van der Waals surface area contributed by atoms with Gasteiger partial charge in [0.25, 0.3) is 0 Å². The van der Waals surface area contributed by atoms with Gasteiger partial charge in [0.15, 0.2) is 0 Å². The van der Waals surface area contributed by atoms with E-state index in [1.807, 2.05) is 23.1 Å². The highest BCUT2D eigenvalue weighted by atomic mass is 16.5. The van der Waals surface area contributed by atoms with Crippen LogP contribution in [0.3, 0.4) is 0 Å². The molecule has 2 heterocycles. The van der Waals surface area contributed by atoms with Gasteiger partial charge in [-0.25, -0.2) is 0 Å². The van der Waals surface area contributed by atoms with Crippen molar-refractivity contribution >= 4 is 0 Å². The highest BCUT2D eigenvalue weighted by Crippen LogP contribution is 2.26. The second kappa shape index (κ2) is 6.34. The maximum absolute atomic E-state index is 5.81. The van der Waals surface area contributed by atoms with Crippen LogP contribution in [0.5, 0.6) is 0 Å². The first-order chi connectivity index (χ1) is 8.66. The van der Waals surface area contributed by atoms with Crippen LogP contribution in [0, 0.1) is 11.8 Å². The average molecular weight is 251 g/mol. The molecule has 102 valence electrons. The summed E-state index contributed by atoms with van der Waals surface area (Å²) in [5, 5.41) is 7.84. The van der Waals surface area contributed by atoms with Gasteiger partial charge in [0.05, 0.1) is 12.6 Å². The fourth-order valence-corrected chi connectivity index (χ4v) is 2.72. The van der Waals surface area contributed by atoms with Gasteiger partial charge in [-0.1, -0.05) is 13.8 Å². The topological polar surface area (TPSA) is 39.1 Å². The highest BCUT2D eigenvalue weighted by Gasteiger charge is 2.30. The van der Waals surface area contributed by atoms with Crippen molar-refractivity contribution in [1.29, 1.82) is 0 Å². The van der Waals surface area contributed by atoms with Crippen molar-refractivity contribution in [2.75, 3.05) is 13.2 Å². The van der Waals surface area contributed by atoms with Gasteiger partial charge in [-0.2, -0.15) is 5.10 Å². The fourth-order valence-electron chi connectivity index (χ4n) is 2.72. The van der Waals surface area contributed by atoms with Gasteiger partial charge in [-0.15, -0.1) is 0 Å². The molecule has 0 amide bonds. The van der Waals surface area contributed by atoms with E-state index in [1.54, 1.807) is 0 Å². The molecule has 4 nitrogen and oxygen atoms in total. The molecule has 0 spiro atoms. The van der Waals surface area contributed by atoms with Crippen molar-refractivity contribution in [2.24, 2.45) is 11.8 Å². The van der Waals surface area contributed by atoms with Gasteiger partial charge in [0, 0.05) is 31.6 Å². The Morgan fingerprint density at radius 2 is 2.28 bits per heavy atom. The normalized spacial score (nSPS) is 25.8. The molecule has 0 unspecified atom stereocenters. The number of hydrogen-bond acceptors (Lipinski definition) is 3. The van der Waals surface area contributed by atoms with Gasteiger partial charge in [-0.05, 0) is 31.2 Å². The lowest BCUT2D eigenvalue weighted by atomic mass is 9.93. The Balaban J connectivity index is 1.73. The van der Waals surface area contributed by atoms with Crippen LogP contribution in [0.15, 0.2) is 18.5 Å². The summed E-state index contributed by atoms with van der Waals surface area (Å²) in [5.41, 5.74) is 0. The first kappa shape index (κ1) is 13.6. The Bertz CT molecular complexity index is 337. The molecule has 0 aliphatic carbocycles. The van der Waals surface area contributed by atoms with Crippen molar-refractivity contribution < 1.29 is 4.74 Å². The molecule has 0 radical (unpaired) electrons. The monoisotopic (exact) mass is 251 g/mol. The maximum atomic E-state index is 5.81. The fraction of sp³-hybridized carbons (Fsp3) is 0.786. The van der Waals surface area contributed by atoms with E-state index in [9.17, 15) is 0 Å². The zero-order valence-corrected chi connectivity index (χ0v) is 11.7. The van der Waals surface area contributed by atoms with E-state index in [2.05, 4.69) is 31.2 Å². The highest BCUT2D eigenvalue weighted by molar-refractivity contribution is 4.82. The second-order valence-electron chi connectivity index (χ2n) is 5.67. The summed E-state index contributed by atoms with van der Waals surface area (Å²) in [5.74, 6) is 1.27. The van der Waals surface area contributed by atoms with E-state index < -0.39 is 0 Å². The molecule has 1 N–H and O–H groups in total. The predicted octanol–water partition coefficient (Wildman–Crippen LogP) is 1.92. The minimum Gasteiger partial charge on any atom is -0.378 e. The molecule has 1 aromatic rings. The predicted molar refractivity (Wildman–Crippen MR) is 72.4 cm³/mol. The van der Waals surface area contributed by atoms with Gasteiger partial charge >= 0.3 is 0 Å². The first-order valence-electron chi connectivity index (χ1n) is 6.99. The molecule has 1 fully saturated rings. The van der Waals surface area contributed by atoms with Gasteiger partial charge in [-0.3, -0.25) is 4.68 Å².